The van der Waals surface area contributed by atoms with Crippen molar-refractivity contribution in [3.8, 4) is 0 Å². The van der Waals surface area contributed by atoms with E-state index < -0.39 is 16.7 Å². The summed E-state index contributed by atoms with van der Waals surface area (Å²) in [5.74, 6) is 0. The van der Waals surface area contributed by atoms with E-state index in [4.69, 9.17) is 0 Å². The molecular formula is C17H12F3N3O2. The predicted molar refractivity (Wildman–Crippen MR) is 87.3 cm³/mol. The Morgan fingerprint density at radius 2 is 1.80 bits per heavy atom. The first-order chi connectivity index (χ1) is 11.8. The zero-order valence-electron chi connectivity index (χ0n) is 12.7. The predicted octanol–water partition coefficient (Wildman–Crippen LogP) is 4.49. The highest BCUT2D eigenvalue weighted by Crippen LogP contribution is 2.31. The fourth-order valence-corrected chi connectivity index (χ4v) is 2.34. The van der Waals surface area contributed by atoms with E-state index in [2.05, 4.69) is 5.43 Å². The van der Waals surface area contributed by atoms with E-state index in [-0.39, 0.29) is 5.69 Å². The van der Waals surface area contributed by atoms with Crippen LogP contribution in [-0.2, 0) is 6.18 Å². The van der Waals surface area contributed by atoms with Crippen LogP contribution in [0, 0.1) is 10.1 Å². The molecule has 25 heavy (non-hydrogen) atoms. The number of allylic oxidation sites excluding steroid dienone is 2. The van der Waals surface area contributed by atoms with Gasteiger partial charge in [0.25, 0.3) is 5.69 Å². The molecule has 0 radical (unpaired) electrons. The molecule has 0 aromatic heterocycles. The Morgan fingerprint density at radius 3 is 2.36 bits per heavy atom. The molecule has 1 heterocycles. The van der Waals surface area contributed by atoms with Gasteiger partial charge in [-0.05, 0) is 35.9 Å². The first kappa shape index (κ1) is 16.6. The largest absolute Gasteiger partial charge is 0.416 e. The monoisotopic (exact) mass is 347 g/mol. The lowest BCUT2D eigenvalue weighted by Crippen LogP contribution is -2.30. The first-order valence-electron chi connectivity index (χ1n) is 7.20. The van der Waals surface area contributed by atoms with Gasteiger partial charge in [0, 0.05) is 30.1 Å². The van der Waals surface area contributed by atoms with E-state index in [1.807, 2.05) is 0 Å². The second-order valence-electron chi connectivity index (χ2n) is 5.27. The molecule has 0 unspecified atom stereocenters. The third kappa shape index (κ3) is 3.63. The van der Waals surface area contributed by atoms with Gasteiger partial charge < -0.3 is 5.43 Å². The molecule has 5 nitrogen and oxygen atoms in total. The molecule has 0 atom stereocenters. The van der Waals surface area contributed by atoms with Crippen LogP contribution in [0.25, 0.3) is 5.57 Å². The van der Waals surface area contributed by atoms with Crippen LogP contribution in [0.3, 0.4) is 0 Å². The van der Waals surface area contributed by atoms with Crippen molar-refractivity contribution in [2.45, 2.75) is 6.18 Å². The topological polar surface area (TPSA) is 58.4 Å². The van der Waals surface area contributed by atoms with Crippen LogP contribution in [0.5, 0.6) is 0 Å². The van der Waals surface area contributed by atoms with E-state index in [9.17, 15) is 23.3 Å². The van der Waals surface area contributed by atoms with Crippen molar-refractivity contribution in [2.24, 2.45) is 0 Å². The average molecular weight is 347 g/mol. The number of nitrogens with zero attached hydrogens (tertiary/aromatic N) is 2. The minimum atomic E-state index is -4.38. The van der Waals surface area contributed by atoms with Gasteiger partial charge in [0.2, 0.25) is 0 Å². The lowest BCUT2D eigenvalue weighted by molar-refractivity contribution is -0.384. The number of hydrogen-bond acceptors (Lipinski definition) is 4. The van der Waals surface area contributed by atoms with Gasteiger partial charge in [-0.1, -0.05) is 12.1 Å². The van der Waals surface area contributed by atoms with Crippen molar-refractivity contribution < 1.29 is 18.1 Å². The van der Waals surface area contributed by atoms with E-state index >= 15 is 0 Å². The Balaban J connectivity index is 1.76. The number of rotatable bonds is 3. The van der Waals surface area contributed by atoms with Gasteiger partial charge in [-0.25, -0.2) is 0 Å². The van der Waals surface area contributed by atoms with Gasteiger partial charge in [0.1, 0.15) is 0 Å². The first-order valence-corrected chi connectivity index (χ1v) is 7.20. The fourth-order valence-electron chi connectivity index (χ4n) is 2.34. The van der Waals surface area contributed by atoms with Crippen molar-refractivity contribution in [1.29, 1.82) is 0 Å². The molecule has 1 aliphatic heterocycles. The van der Waals surface area contributed by atoms with Gasteiger partial charge in [0.05, 0.1) is 16.2 Å². The molecule has 1 aliphatic rings. The summed E-state index contributed by atoms with van der Waals surface area (Å²) in [5, 5.41) is 12.4. The molecule has 0 spiro atoms. The second kappa shape index (κ2) is 6.31. The maximum absolute atomic E-state index is 12.6. The Hall–Kier alpha value is -3.29. The van der Waals surface area contributed by atoms with Crippen molar-refractivity contribution in [3.05, 3.63) is 88.2 Å². The summed E-state index contributed by atoms with van der Waals surface area (Å²) in [6.07, 6.45) is 0.597. The number of nitrogens with one attached hydrogen (secondary N) is 1. The molecule has 0 bridgehead atoms. The lowest BCUT2D eigenvalue weighted by Gasteiger charge is -2.24. The van der Waals surface area contributed by atoms with Crippen LogP contribution < -0.4 is 10.4 Å². The van der Waals surface area contributed by atoms with Crippen molar-refractivity contribution in [2.75, 3.05) is 5.01 Å². The molecule has 2 aromatic carbocycles. The highest BCUT2D eigenvalue weighted by molar-refractivity contribution is 5.77. The molecule has 0 fully saturated rings. The molecule has 3 rings (SSSR count). The van der Waals surface area contributed by atoms with Crippen LogP contribution in [-0.4, -0.2) is 4.92 Å². The number of halogens is 3. The van der Waals surface area contributed by atoms with Crippen molar-refractivity contribution in [1.82, 2.24) is 5.43 Å². The highest BCUT2D eigenvalue weighted by Gasteiger charge is 2.30. The van der Waals surface area contributed by atoms with Crippen LogP contribution in [0.2, 0.25) is 0 Å². The van der Waals surface area contributed by atoms with Gasteiger partial charge in [0.15, 0.2) is 0 Å². The number of benzene rings is 2. The maximum atomic E-state index is 12.6. The third-order valence-corrected chi connectivity index (χ3v) is 3.63. The number of anilines is 1. The summed E-state index contributed by atoms with van der Waals surface area (Å²) in [7, 11) is 0. The van der Waals surface area contributed by atoms with Gasteiger partial charge in [-0.15, -0.1) is 0 Å². The maximum Gasteiger partial charge on any atom is 0.416 e. The number of hydrogen-bond donors (Lipinski definition) is 1. The SMILES string of the molecule is O=[N+]([O-])c1cccc(C2=CNN(c3ccc(C(F)(F)F)cc3)C=C2)c1. The van der Waals surface area contributed by atoms with E-state index in [1.54, 1.807) is 35.6 Å². The van der Waals surface area contributed by atoms with Gasteiger partial charge in [-0.3, -0.25) is 15.1 Å². The second-order valence-corrected chi connectivity index (χ2v) is 5.27. The van der Waals surface area contributed by atoms with E-state index in [1.165, 1.54) is 24.3 Å². The summed E-state index contributed by atoms with van der Waals surface area (Å²) < 4.78 is 37.8. The minimum absolute atomic E-state index is 0.0167. The zero-order chi connectivity index (χ0) is 18.0. The highest BCUT2D eigenvalue weighted by atomic mass is 19.4. The molecule has 0 saturated carbocycles. The van der Waals surface area contributed by atoms with Gasteiger partial charge >= 0.3 is 6.18 Å². The zero-order valence-corrected chi connectivity index (χ0v) is 12.7. The molecule has 0 aliphatic carbocycles. The fraction of sp³-hybridized carbons (Fsp3) is 0.0588. The van der Waals surface area contributed by atoms with Gasteiger partial charge in [-0.2, -0.15) is 13.2 Å². The Labute approximate surface area is 140 Å². The van der Waals surface area contributed by atoms with Crippen molar-refractivity contribution >= 4 is 16.9 Å². The molecule has 8 heteroatoms. The summed E-state index contributed by atoms with van der Waals surface area (Å²) in [6, 6.07) is 10.9. The molecule has 0 amide bonds. The molecule has 0 saturated heterocycles. The number of non-ortho nitro benzene ring substituents is 1. The molecule has 1 N–H and O–H groups in total. The minimum Gasteiger partial charge on any atom is -0.301 e. The van der Waals surface area contributed by atoms with E-state index in [0.717, 1.165) is 12.1 Å². The number of hydrazine groups is 1. The number of alkyl halides is 3. The Morgan fingerprint density at radius 1 is 1.08 bits per heavy atom. The standard InChI is InChI=1S/C17H12F3N3O2/c18-17(19,20)14-4-6-15(7-5-14)22-9-8-13(11-21-22)12-2-1-3-16(10-12)23(24)25/h1-11,21H. The average Bonchev–Trinajstić information content (AvgIpc) is 2.61. The van der Waals surface area contributed by atoms with Crippen LogP contribution >= 0.6 is 0 Å². The normalized spacial score (nSPS) is 14.0. The summed E-state index contributed by atoms with van der Waals surface area (Å²) in [4.78, 5) is 10.4. The molecule has 128 valence electrons. The number of nitro groups is 1. The molecular weight excluding hydrogens is 335 g/mol. The summed E-state index contributed by atoms with van der Waals surface area (Å²) in [6.45, 7) is 0. The lowest BCUT2D eigenvalue weighted by atomic mass is 10.1. The van der Waals surface area contributed by atoms with Crippen LogP contribution in [0.4, 0.5) is 24.5 Å². The Kier molecular flexibility index (Phi) is 4.18. The smallest absolute Gasteiger partial charge is 0.301 e. The quantitative estimate of drug-likeness (QED) is 0.656. The molecule has 2 aromatic rings. The summed E-state index contributed by atoms with van der Waals surface area (Å²) in [5.41, 5.74) is 4.09. The number of nitro benzene ring substituents is 1. The van der Waals surface area contributed by atoms with Crippen LogP contribution in [0.15, 0.2) is 67.0 Å². The Bertz CT molecular complexity index is 858. The summed E-state index contributed by atoms with van der Waals surface area (Å²) >= 11 is 0. The third-order valence-electron chi connectivity index (χ3n) is 3.63. The van der Waals surface area contributed by atoms with Crippen LogP contribution in [0.1, 0.15) is 11.1 Å². The van der Waals surface area contributed by atoms with Crippen molar-refractivity contribution in [3.63, 3.8) is 0 Å². The van der Waals surface area contributed by atoms with E-state index in [0.29, 0.717) is 16.8 Å².